The maximum absolute atomic E-state index is 3.29. The van der Waals surface area contributed by atoms with Gasteiger partial charge in [-0.2, -0.15) is 128 Å². The van der Waals surface area contributed by atoms with Crippen LogP contribution in [0.3, 0.4) is 0 Å². The van der Waals surface area contributed by atoms with E-state index in [0.717, 1.165) is 45.5 Å². The summed E-state index contributed by atoms with van der Waals surface area (Å²) in [5.41, 5.74) is 13.6. The molecule has 0 saturated heterocycles. The van der Waals surface area contributed by atoms with Crippen molar-refractivity contribution >= 4 is 68.2 Å². The molecule has 3 heterocycles. The Labute approximate surface area is 390 Å². The summed E-state index contributed by atoms with van der Waals surface area (Å²) in [5.74, 6) is 0. The Balaban J connectivity index is 0.000000121. The van der Waals surface area contributed by atoms with Crippen molar-refractivity contribution in [1.29, 1.82) is 0 Å². The zero-order chi connectivity index (χ0) is 42.2. The zero-order valence-electron chi connectivity index (χ0n) is 34.7. The Morgan fingerprint density at radius 2 is 0.562 bits per heavy atom. The van der Waals surface area contributed by atoms with Crippen LogP contribution in [-0.2, 0) is 19.8 Å². The van der Waals surface area contributed by atoms with Crippen molar-refractivity contribution in [3.63, 3.8) is 0 Å². The molecule has 0 amide bonds. The minimum atomic E-state index is 0. The van der Waals surface area contributed by atoms with Crippen molar-refractivity contribution in [3.05, 3.63) is 275 Å². The number of para-hydroxylation sites is 11. The van der Waals surface area contributed by atoms with Gasteiger partial charge >= 0.3 is 19.8 Å². The van der Waals surface area contributed by atoms with Crippen molar-refractivity contribution in [2.24, 2.45) is 0 Å². The van der Waals surface area contributed by atoms with E-state index in [0.29, 0.717) is 0 Å². The molecule has 0 fully saturated rings. The minimum absolute atomic E-state index is 0. The smallest absolute Gasteiger partial charge is 0.526 e. The topological polar surface area (TPSA) is 19.4 Å². The van der Waals surface area contributed by atoms with Gasteiger partial charge in [-0.25, -0.2) is 0 Å². The summed E-state index contributed by atoms with van der Waals surface area (Å²) < 4.78 is 0. The van der Waals surface area contributed by atoms with E-state index in [1.165, 1.54) is 22.7 Å². The molecule has 7 heteroatoms. The van der Waals surface area contributed by atoms with E-state index < -0.39 is 0 Å². The molecule has 64 heavy (non-hydrogen) atoms. The molecule has 1 radical (unpaired) electrons. The van der Waals surface area contributed by atoms with Gasteiger partial charge in [0.1, 0.15) is 0 Å². The molecule has 9 aromatic rings. The summed E-state index contributed by atoms with van der Waals surface area (Å²) in [6.45, 7) is 6.33. The van der Waals surface area contributed by atoms with Crippen molar-refractivity contribution < 1.29 is 19.8 Å². The summed E-state index contributed by atoms with van der Waals surface area (Å²) in [6, 6.07) is 91.0. The Hall–Kier alpha value is -7.58. The molecule has 0 aromatic heterocycles. The third-order valence-electron chi connectivity index (χ3n) is 10.8. The van der Waals surface area contributed by atoms with Gasteiger partial charge < -0.3 is 29.4 Å². The Morgan fingerprint density at radius 3 is 0.875 bits per heavy atom. The number of fused-ring (bicyclic) bond motifs is 3. The molecule has 307 valence electrons. The monoisotopic (exact) mass is 1000 g/mol. The maximum atomic E-state index is 3.29. The van der Waals surface area contributed by atoms with Crippen molar-refractivity contribution in [3.8, 4) is 0 Å². The number of rotatable bonds is 6. The number of anilines is 12. The van der Waals surface area contributed by atoms with Crippen molar-refractivity contribution in [2.45, 2.75) is 0 Å². The number of hydrogen-bond donors (Lipinski definition) is 0. The minimum Gasteiger partial charge on any atom is -0.526 e. The predicted molar refractivity (Wildman–Crippen MR) is 259 cm³/mol. The van der Waals surface area contributed by atoms with Gasteiger partial charge in [0.25, 0.3) is 0 Å². The second-order valence-electron chi connectivity index (χ2n) is 14.7. The molecule has 0 saturated carbocycles. The summed E-state index contributed by atoms with van der Waals surface area (Å²) in [6.07, 6.45) is 0. The molecular weight excluding hydrogens is 959 g/mol. The van der Waals surface area contributed by atoms with Gasteiger partial charge in [0.15, 0.2) is 0 Å². The molecule has 3 aliphatic rings. The third-order valence-corrected chi connectivity index (χ3v) is 10.8. The number of hydrogen-bond acceptors (Lipinski definition) is 6. The van der Waals surface area contributed by atoms with Gasteiger partial charge in [-0.15, -0.1) is 30.4 Å². The van der Waals surface area contributed by atoms with Crippen LogP contribution < -0.4 is 29.4 Å². The Kier molecular flexibility index (Phi) is 12.8. The summed E-state index contributed by atoms with van der Waals surface area (Å²) in [7, 11) is 0. The average molecular weight is 1000 g/mol. The fourth-order valence-corrected chi connectivity index (χ4v) is 7.84. The summed E-state index contributed by atoms with van der Waals surface area (Å²) in [5, 5.41) is 0. The first kappa shape index (κ1) is 41.8. The van der Waals surface area contributed by atoms with Gasteiger partial charge in [0.2, 0.25) is 0 Å². The van der Waals surface area contributed by atoms with Crippen LogP contribution in [0.25, 0.3) is 0 Å². The van der Waals surface area contributed by atoms with Crippen LogP contribution in [0, 0.1) is 44.3 Å². The van der Waals surface area contributed by atoms with Gasteiger partial charge in [-0.1, -0.05) is 78.5 Å². The van der Waals surface area contributed by atoms with E-state index in [1.54, 1.807) is 0 Å². The van der Waals surface area contributed by atoms with E-state index >= 15 is 0 Å². The van der Waals surface area contributed by atoms with Crippen molar-refractivity contribution in [2.75, 3.05) is 29.4 Å². The molecule has 12 rings (SSSR count). The standard InChI is InChI=1S/2C19H14N2.C19H13N2.Os/c3*1-3-9-16(10-4-1)20-15-21(17-11-5-2-6-12-17)19-14-8-7-13-18(19)20;/h2*1-11,13-15H;1-5,7-9,11-15H;/q2*-2;-3;+7. The fourth-order valence-electron chi connectivity index (χ4n) is 7.84. The van der Waals surface area contributed by atoms with Crippen LogP contribution in [-0.4, -0.2) is 0 Å². The third kappa shape index (κ3) is 8.72. The quantitative estimate of drug-likeness (QED) is 0.154. The molecule has 3 aliphatic heterocycles. The molecule has 0 bridgehead atoms. The van der Waals surface area contributed by atoms with Crippen LogP contribution in [0.1, 0.15) is 0 Å². The SMILES string of the molecule is [Os+7].[c-]1cccc(N2[CH-]N(c3[c-]cccc3)c3ccccc32)c1.[c-]1ccccc1N1[CH-]N(c2ccccc2)c2ccccc21.[c-]1ccccc1N1[CH-]N(c2ccccc2)c2ccccc21. The van der Waals surface area contributed by atoms with E-state index in [2.05, 4.69) is 219 Å². The molecule has 0 N–H and O–H groups in total. The molecule has 0 unspecified atom stereocenters. The molecule has 0 spiro atoms. The van der Waals surface area contributed by atoms with E-state index in [4.69, 9.17) is 0 Å². The van der Waals surface area contributed by atoms with Crippen LogP contribution in [0.15, 0.2) is 231 Å². The van der Waals surface area contributed by atoms with Crippen LogP contribution in [0.5, 0.6) is 0 Å². The molecule has 0 atom stereocenters. The van der Waals surface area contributed by atoms with Crippen LogP contribution in [0.2, 0.25) is 0 Å². The molecule has 6 nitrogen and oxygen atoms in total. The number of benzene rings is 9. The normalized spacial score (nSPS) is 13.1. The van der Waals surface area contributed by atoms with Crippen LogP contribution >= 0.6 is 0 Å². The maximum Gasteiger partial charge on any atom is 7.00 e. The van der Waals surface area contributed by atoms with Gasteiger partial charge in [-0.3, -0.25) is 0 Å². The second kappa shape index (κ2) is 19.6. The van der Waals surface area contributed by atoms with E-state index in [9.17, 15) is 0 Å². The first-order valence-corrected chi connectivity index (χ1v) is 20.8. The largest absolute Gasteiger partial charge is 7.00 e. The summed E-state index contributed by atoms with van der Waals surface area (Å²) >= 11 is 0. The molecular formula is C57H41N6Os. The average Bonchev–Trinajstić information content (AvgIpc) is 4.09. The Bertz CT molecular complexity index is 2340. The molecule has 0 aliphatic carbocycles. The van der Waals surface area contributed by atoms with E-state index in [1.807, 2.05) is 84.9 Å². The first-order valence-electron chi connectivity index (χ1n) is 20.8. The van der Waals surface area contributed by atoms with Crippen molar-refractivity contribution in [1.82, 2.24) is 0 Å². The predicted octanol–water partition coefficient (Wildman–Crippen LogP) is 14.5. The zero-order valence-corrected chi connectivity index (χ0v) is 37.2. The Morgan fingerprint density at radius 1 is 0.266 bits per heavy atom. The van der Waals surface area contributed by atoms with Crippen LogP contribution in [0.4, 0.5) is 68.2 Å². The fraction of sp³-hybridized carbons (Fsp3) is 0. The molecule has 9 aromatic carbocycles. The van der Waals surface area contributed by atoms with Gasteiger partial charge in [0.05, 0.1) is 0 Å². The van der Waals surface area contributed by atoms with Gasteiger partial charge in [-0.05, 0) is 60.7 Å². The second-order valence-corrected chi connectivity index (χ2v) is 14.7. The first-order chi connectivity index (χ1) is 31.3. The van der Waals surface area contributed by atoms with E-state index in [-0.39, 0.29) is 19.8 Å². The number of nitrogens with zero attached hydrogens (tertiary/aromatic N) is 6. The van der Waals surface area contributed by atoms with Gasteiger partial charge in [0, 0.05) is 45.5 Å². The summed E-state index contributed by atoms with van der Waals surface area (Å²) in [4.78, 5) is 13.1.